The minimum atomic E-state index is -3.76. The predicted octanol–water partition coefficient (Wildman–Crippen LogP) is 1.78. The van der Waals surface area contributed by atoms with Gasteiger partial charge in [-0.25, -0.2) is 22.0 Å². The highest BCUT2D eigenvalue weighted by molar-refractivity contribution is 7.91. The lowest BCUT2D eigenvalue weighted by Crippen LogP contribution is -2.29. The summed E-state index contributed by atoms with van der Waals surface area (Å²) in [6.45, 7) is 1.73. The van der Waals surface area contributed by atoms with Crippen LogP contribution in [0.1, 0.15) is 18.5 Å². The number of hydrogen-bond donors (Lipinski definition) is 1. The molecule has 0 spiro atoms. The Kier molecular flexibility index (Phi) is 4.73. The fourth-order valence-corrected chi connectivity index (χ4v) is 4.95. The van der Waals surface area contributed by atoms with Crippen LogP contribution in [0.5, 0.6) is 0 Å². The molecule has 0 aliphatic heterocycles. The first-order chi connectivity index (χ1) is 10.1. The van der Waals surface area contributed by atoms with Crippen LogP contribution >= 0.6 is 11.3 Å². The second-order valence-corrected chi connectivity index (χ2v) is 9.48. The summed E-state index contributed by atoms with van der Waals surface area (Å²) in [6.07, 6.45) is 0. The van der Waals surface area contributed by atoms with E-state index in [-0.39, 0.29) is 9.10 Å². The standard InChI is InChI=1S/C13H16N2O4S3/c1-10(11-5-7-12(8-6-11)21(14,16)17)15(2)22(18,19)13-4-3-9-20-13/h3-10H,1-2H3,(H2,14,16,17)/t10-/m0/s1. The molecule has 1 aromatic heterocycles. The molecule has 2 rings (SSSR count). The average molecular weight is 360 g/mol. The van der Waals surface area contributed by atoms with Crippen LogP contribution in [-0.2, 0) is 20.0 Å². The summed E-state index contributed by atoms with van der Waals surface area (Å²) in [4.78, 5) is -0.00721. The van der Waals surface area contributed by atoms with E-state index >= 15 is 0 Å². The molecule has 2 N–H and O–H groups in total. The van der Waals surface area contributed by atoms with Crippen molar-refractivity contribution in [1.82, 2.24) is 4.31 Å². The van der Waals surface area contributed by atoms with E-state index < -0.39 is 26.1 Å². The van der Waals surface area contributed by atoms with E-state index in [2.05, 4.69) is 0 Å². The minimum Gasteiger partial charge on any atom is -0.225 e. The van der Waals surface area contributed by atoms with Gasteiger partial charge in [0, 0.05) is 13.1 Å². The summed E-state index contributed by atoms with van der Waals surface area (Å²) >= 11 is 1.15. The van der Waals surface area contributed by atoms with Crippen molar-refractivity contribution >= 4 is 31.4 Å². The van der Waals surface area contributed by atoms with Gasteiger partial charge in [-0.1, -0.05) is 18.2 Å². The van der Waals surface area contributed by atoms with Crippen LogP contribution in [0, 0.1) is 0 Å². The molecule has 0 bridgehead atoms. The Hall–Kier alpha value is -1.26. The summed E-state index contributed by atoms with van der Waals surface area (Å²) in [5.41, 5.74) is 0.676. The molecule has 0 amide bonds. The summed E-state index contributed by atoms with van der Waals surface area (Å²) < 4.78 is 48.9. The van der Waals surface area contributed by atoms with Crippen molar-refractivity contribution in [3.8, 4) is 0 Å². The maximum atomic E-state index is 12.5. The molecule has 120 valence electrons. The van der Waals surface area contributed by atoms with E-state index in [0.29, 0.717) is 5.56 Å². The monoisotopic (exact) mass is 360 g/mol. The molecular formula is C13H16N2O4S3. The number of primary sulfonamides is 1. The third kappa shape index (κ3) is 3.39. The van der Waals surface area contributed by atoms with Crippen LogP contribution in [0.3, 0.4) is 0 Å². The molecule has 0 unspecified atom stereocenters. The van der Waals surface area contributed by atoms with Crippen molar-refractivity contribution in [3.05, 3.63) is 47.3 Å². The van der Waals surface area contributed by atoms with Crippen molar-refractivity contribution in [2.75, 3.05) is 7.05 Å². The molecule has 6 nitrogen and oxygen atoms in total. The van der Waals surface area contributed by atoms with E-state index in [1.54, 1.807) is 36.6 Å². The van der Waals surface area contributed by atoms with E-state index in [4.69, 9.17) is 5.14 Å². The Balaban J connectivity index is 2.30. The first-order valence-corrected chi connectivity index (χ1v) is 10.1. The molecule has 0 saturated carbocycles. The Labute approximate surface area is 134 Å². The van der Waals surface area contributed by atoms with Gasteiger partial charge in [-0.05, 0) is 36.1 Å². The van der Waals surface area contributed by atoms with E-state index in [1.807, 2.05) is 0 Å². The lowest BCUT2D eigenvalue weighted by molar-refractivity contribution is 0.399. The fourth-order valence-electron chi connectivity index (χ4n) is 1.91. The lowest BCUT2D eigenvalue weighted by atomic mass is 10.1. The maximum Gasteiger partial charge on any atom is 0.252 e. The van der Waals surface area contributed by atoms with Crippen LogP contribution in [0.25, 0.3) is 0 Å². The maximum absolute atomic E-state index is 12.5. The fraction of sp³-hybridized carbons (Fsp3) is 0.231. The third-order valence-corrected chi connectivity index (χ3v) is 7.60. The van der Waals surface area contributed by atoms with Gasteiger partial charge in [-0.2, -0.15) is 4.31 Å². The number of rotatable bonds is 5. The predicted molar refractivity (Wildman–Crippen MR) is 85.5 cm³/mol. The first kappa shape index (κ1) is 17.1. The zero-order chi connectivity index (χ0) is 16.5. The number of hydrogen-bond acceptors (Lipinski definition) is 5. The normalized spacial score (nSPS) is 14.2. The number of nitrogens with zero attached hydrogens (tertiary/aromatic N) is 1. The number of benzene rings is 1. The minimum absolute atomic E-state index is 0.00721. The number of thiophene rings is 1. The Morgan fingerprint density at radius 3 is 2.14 bits per heavy atom. The second-order valence-electron chi connectivity index (χ2n) is 4.74. The lowest BCUT2D eigenvalue weighted by Gasteiger charge is -2.24. The van der Waals surface area contributed by atoms with Gasteiger partial charge in [0.05, 0.1) is 4.90 Å². The zero-order valence-corrected chi connectivity index (χ0v) is 14.5. The van der Waals surface area contributed by atoms with E-state index in [9.17, 15) is 16.8 Å². The highest BCUT2D eigenvalue weighted by atomic mass is 32.2. The van der Waals surface area contributed by atoms with Gasteiger partial charge in [-0.15, -0.1) is 11.3 Å². The molecule has 0 saturated heterocycles. The van der Waals surface area contributed by atoms with Crippen LogP contribution in [0.2, 0.25) is 0 Å². The molecule has 22 heavy (non-hydrogen) atoms. The molecule has 1 atom stereocenters. The van der Waals surface area contributed by atoms with Gasteiger partial charge in [0.25, 0.3) is 10.0 Å². The molecule has 0 fully saturated rings. The van der Waals surface area contributed by atoms with Crippen molar-refractivity contribution < 1.29 is 16.8 Å². The van der Waals surface area contributed by atoms with Crippen molar-refractivity contribution in [2.24, 2.45) is 5.14 Å². The average Bonchev–Trinajstić information content (AvgIpc) is 3.00. The summed E-state index contributed by atoms with van der Waals surface area (Å²) in [6, 6.07) is 8.64. The van der Waals surface area contributed by atoms with Crippen LogP contribution < -0.4 is 5.14 Å². The van der Waals surface area contributed by atoms with Crippen LogP contribution in [0.15, 0.2) is 50.9 Å². The summed E-state index contributed by atoms with van der Waals surface area (Å²) in [7, 11) is -5.84. The van der Waals surface area contributed by atoms with Crippen LogP contribution in [0.4, 0.5) is 0 Å². The van der Waals surface area contributed by atoms with Crippen molar-refractivity contribution in [1.29, 1.82) is 0 Å². The molecular weight excluding hydrogens is 344 g/mol. The molecule has 0 aliphatic rings. The molecule has 9 heteroatoms. The first-order valence-electron chi connectivity index (χ1n) is 6.28. The molecule has 2 aromatic rings. The van der Waals surface area contributed by atoms with E-state index in [1.165, 1.54) is 23.5 Å². The topological polar surface area (TPSA) is 97.5 Å². The zero-order valence-electron chi connectivity index (χ0n) is 12.0. The van der Waals surface area contributed by atoms with Crippen molar-refractivity contribution in [2.45, 2.75) is 22.1 Å². The molecule has 1 heterocycles. The number of nitrogens with two attached hydrogens (primary N) is 1. The highest BCUT2D eigenvalue weighted by Gasteiger charge is 2.27. The highest BCUT2D eigenvalue weighted by Crippen LogP contribution is 2.28. The quantitative estimate of drug-likeness (QED) is 0.879. The molecule has 0 aliphatic carbocycles. The van der Waals surface area contributed by atoms with Gasteiger partial charge in [0.15, 0.2) is 0 Å². The Morgan fingerprint density at radius 2 is 1.68 bits per heavy atom. The number of sulfonamides is 2. The second kappa shape index (κ2) is 6.09. The Morgan fingerprint density at radius 1 is 1.09 bits per heavy atom. The van der Waals surface area contributed by atoms with Gasteiger partial charge < -0.3 is 0 Å². The third-order valence-electron chi connectivity index (χ3n) is 3.36. The van der Waals surface area contributed by atoms with Gasteiger partial charge in [0.2, 0.25) is 10.0 Å². The van der Waals surface area contributed by atoms with Gasteiger partial charge in [-0.3, -0.25) is 0 Å². The smallest absolute Gasteiger partial charge is 0.225 e. The summed E-state index contributed by atoms with van der Waals surface area (Å²) in [5, 5.41) is 6.74. The molecule has 0 radical (unpaired) electrons. The van der Waals surface area contributed by atoms with E-state index in [0.717, 1.165) is 11.3 Å². The van der Waals surface area contributed by atoms with Crippen LogP contribution in [-0.4, -0.2) is 28.2 Å². The van der Waals surface area contributed by atoms with Crippen molar-refractivity contribution in [3.63, 3.8) is 0 Å². The Bertz CT molecular complexity index is 841. The van der Waals surface area contributed by atoms with Gasteiger partial charge in [0.1, 0.15) is 4.21 Å². The van der Waals surface area contributed by atoms with Gasteiger partial charge >= 0.3 is 0 Å². The summed E-state index contributed by atoms with van der Waals surface area (Å²) in [5.74, 6) is 0. The largest absolute Gasteiger partial charge is 0.252 e. The SMILES string of the molecule is C[C@@H](c1ccc(S(N)(=O)=O)cc1)N(C)S(=O)(=O)c1cccs1. The molecule has 1 aromatic carbocycles.